The fourth-order valence-corrected chi connectivity index (χ4v) is 22.0. The Morgan fingerprint density at radius 1 is 0.159 bits per heavy atom. The summed E-state index contributed by atoms with van der Waals surface area (Å²) in [6.07, 6.45) is 0. The van der Waals surface area contributed by atoms with Gasteiger partial charge in [-0.2, -0.15) is 0 Å². The standard InChI is InChI=1S/C120H76N6/c1-6-31-77(32-7-1)90-43-16-17-46-95(90)109-76-108(121-118(122-109)126-113-56-29-23-50-99(113)103-73-81(60-68-117(103)126)80-59-67-116-102(72-80)98-49-22-28-55-112(98)125(116)89-62-64-94-92-45-19-25-52-105(92)120(107(94)75-89,85-38-12-4-13-39-85)86-40-14-5-15-41-86)82-33-30-42-87(69-82)123-110-53-26-20-47-96(110)100-70-78(57-65-114(100)123)79-58-66-115-101(71-79)97-48-21-27-54-111(97)124(115)88-61-63-93-91-44-18-24-51-104(91)119(106(93)74-88,83-34-8-2-9-35-83)84-36-10-3-11-37-84/h1-76H. The number of para-hydroxylation sites is 4. The Bertz CT molecular complexity index is 8510. The Hall–Kier alpha value is -16.5. The van der Waals surface area contributed by atoms with Crippen molar-refractivity contribution < 1.29 is 0 Å². The minimum Gasteiger partial charge on any atom is -0.309 e. The van der Waals surface area contributed by atoms with Crippen molar-refractivity contribution in [1.82, 2.24) is 28.2 Å². The molecule has 0 N–H and O–H groups in total. The molecule has 19 aromatic carbocycles. The van der Waals surface area contributed by atoms with Crippen LogP contribution in [0.2, 0.25) is 0 Å². The third-order valence-electron chi connectivity index (χ3n) is 27.4. The lowest BCUT2D eigenvalue weighted by atomic mass is 9.67. The Morgan fingerprint density at radius 3 is 0.873 bits per heavy atom. The molecule has 0 saturated heterocycles. The molecule has 126 heavy (non-hydrogen) atoms. The molecule has 0 bridgehead atoms. The summed E-state index contributed by atoms with van der Waals surface area (Å²) in [5, 5.41) is 9.39. The third-order valence-corrected chi connectivity index (χ3v) is 27.4. The Balaban J connectivity index is 0.581. The van der Waals surface area contributed by atoms with Crippen LogP contribution in [0.3, 0.4) is 0 Å². The van der Waals surface area contributed by atoms with Crippen molar-refractivity contribution in [2.24, 2.45) is 0 Å². The summed E-state index contributed by atoms with van der Waals surface area (Å²) < 4.78 is 9.66. The lowest BCUT2D eigenvalue weighted by Crippen LogP contribution is -2.28. The molecule has 0 saturated carbocycles. The maximum Gasteiger partial charge on any atom is 0.235 e. The summed E-state index contributed by atoms with van der Waals surface area (Å²) in [6, 6.07) is 171. The van der Waals surface area contributed by atoms with Gasteiger partial charge in [0.05, 0.1) is 66.4 Å². The van der Waals surface area contributed by atoms with E-state index in [4.69, 9.17) is 9.97 Å². The highest BCUT2D eigenvalue weighted by Crippen LogP contribution is 2.59. The molecular weight excluding hydrogens is 1530 g/mol. The zero-order valence-corrected chi connectivity index (χ0v) is 68.6. The minimum atomic E-state index is -0.531. The smallest absolute Gasteiger partial charge is 0.235 e. The van der Waals surface area contributed by atoms with E-state index in [-0.39, 0.29) is 0 Å². The van der Waals surface area contributed by atoms with Crippen molar-refractivity contribution in [2.75, 3.05) is 0 Å². The minimum absolute atomic E-state index is 0.524. The first kappa shape index (κ1) is 71.2. The molecule has 0 spiro atoms. The van der Waals surface area contributed by atoms with Crippen molar-refractivity contribution in [3.63, 3.8) is 0 Å². The van der Waals surface area contributed by atoms with Crippen LogP contribution in [0, 0.1) is 0 Å². The van der Waals surface area contributed by atoms with Crippen LogP contribution in [0.1, 0.15) is 44.5 Å². The lowest BCUT2D eigenvalue weighted by Gasteiger charge is -2.34. The van der Waals surface area contributed by atoms with Crippen LogP contribution >= 0.6 is 0 Å². The Kier molecular flexibility index (Phi) is 15.8. The van der Waals surface area contributed by atoms with Gasteiger partial charge in [0.15, 0.2) is 0 Å². The quantitative estimate of drug-likeness (QED) is 0.115. The van der Waals surface area contributed by atoms with Gasteiger partial charge in [-0.25, -0.2) is 9.97 Å². The second kappa shape index (κ2) is 28.0. The van der Waals surface area contributed by atoms with Gasteiger partial charge in [-0.3, -0.25) is 4.57 Å². The maximum atomic E-state index is 5.75. The number of hydrogen-bond acceptors (Lipinski definition) is 2. The lowest BCUT2D eigenvalue weighted by molar-refractivity contribution is 0.767. The van der Waals surface area contributed by atoms with Gasteiger partial charge in [-0.1, -0.05) is 346 Å². The van der Waals surface area contributed by atoms with Crippen LogP contribution in [0.15, 0.2) is 461 Å². The van der Waals surface area contributed by atoms with E-state index in [1.54, 1.807) is 0 Å². The molecule has 0 aliphatic heterocycles. The van der Waals surface area contributed by atoms with E-state index in [2.05, 4.69) is 479 Å². The zero-order valence-electron chi connectivity index (χ0n) is 68.6. The van der Waals surface area contributed by atoms with Gasteiger partial charge < -0.3 is 13.7 Å². The van der Waals surface area contributed by atoms with Crippen LogP contribution in [-0.2, 0) is 10.8 Å². The Morgan fingerprint density at radius 2 is 0.460 bits per heavy atom. The second-order valence-electron chi connectivity index (χ2n) is 33.8. The first-order chi connectivity index (χ1) is 62.5. The van der Waals surface area contributed by atoms with E-state index in [0.717, 1.165) is 122 Å². The van der Waals surface area contributed by atoms with Crippen molar-refractivity contribution >= 4 is 87.2 Å². The fraction of sp³-hybridized carbons (Fsp3) is 0.0167. The molecule has 24 aromatic rings. The highest BCUT2D eigenvalue weighted by atomic mass is 15.2. The van der Waals surface area contributed by atoms with Gasteiger partial charge in [-0.05, 0) is 215 Å². The number of rotatable bonds is 13. The molecule has 0 amide bonds. The second-order valence-corrected chi connectivity index (χ2v) is 33.8. The van der Waals surface area contributed by atoms with E-state index < -0.39 is 10.8 Å². The van der Waals surface area contributed by atoms with Crippen LogP contribution in [0.4, 0.5) is 0 Å². The van der Waals surface area contributed by atoms with Gasteiger partial charge in [0.2, 0.25) is 5.95 Å². The average molecular weight is 1600 g/mol. The summed E-state index contributed by atoms with van der Waals surface area (Å²) in [4.78, 5) is 11.5. The van der Waals surface area contributed by atoms with E-state index >= 15 is 0 Å². The predicted molar refractivity (Wildman–Crippen MR) is 521 cm³/mol. The predicted octanol–water partition coefficient (Wildman–Crippen LogP) is 29.9. The van der Waals surface area contributed by atoms with E-state index in [0.29, 0.717) is 5.95 Å². The molecule has 0 atom stereocenters. The molecule has 6 nitrogen and oxygen atoms in total. The molecule has 5 heterocycles. The zero-order chi connectivity index (χ0) is 82.7. The van der Waals surface area contributed by atoms with Crippen molar-refractivity contribution in [1.29, 1.82) is 0 Å². The SMILES string of the molecule is c1ccc(-c2ccccc2-c2cc(-c3cccc(-n4c5ccccc5c5cc(-c6ccc7c(c6)c6ccccc6n7-c6ccc7c(c6)C(c6ccccc6)(c6ccccc6)c6ccccc6-7)ccc54)c3)nc(-n3c4ccccc4c4cc(-c5ccc6c(c5)c5ccccc5n6-c5ccc6c(c5)C(c5ccccc5)(c5ccccc5)c5ccccc5-6)ccc43)n2)cc1. The highest BCUT2D eigenvalue weighted by molar-refractivity contribution is 6.15. The summed E-state index contributed by atoms with van der Waals surface area (Å²) in [6.45, 7) is 0. The van der Waals surface area contributed by atoms with Crippen LogP contribution < -0.4 is 0 Å². The molecule has 0 unspecified atom stereocenters. The first-order valence-corrected chi connectivity index (χ1v) is 43.5. The molecule has 6 heteroatoms. The van der Waals surface area contributed by atoms with E-state index in [1.807, 2.05) is 0 Å². The van der Waals surface area contributed by atoms with E-state index in [1.165, 1.54) is 105 Å². The summed E-state index contributed by atoms with van der Waals surface area (Å²) >= 11 is 0. The molecular formula is C120H76N6. The summed E-state index contributed by atoms with van der Waals surface area (Å²) in [7, 11) is 0. The topological polar surface area (TPSA) is 45.5 Å². The normalized spacial score (nSPS) is 13.0. The number of aromatic nitrogens is 6. The third kappa shape index (κ3) is 10.5. The highest BCUT2D eigenvalue weighted by Gasteiger charge is 2.48. The molecule has 2 aliphatic rings. The van der Waals surface area contributed by atoms with Gasteiger partial charge >= 0.3 is 0 Å². The van der Waals surface area contributed by atoms with Crippen LogP contribution in [0.5, 0.6) is 0 Å². The molecule has 26 rings (SSSR count). The molecule has 2 aliphatic carbocycles. The van der Waals surface area contributed by atoms with Crippen LogP contribution in [0.25, 0.3) is 188 Å². The molecule has 5 aromatic heterocycles. The summed E-state index contributed by atoms with van der Waals surface area (Å²) in [5.74, 6) is 0.583. The first-order valence-electron chi connectivity index (χ1n) is 43.5. The van der Waals surface area contributed by atoms with Crippen molar-refractivity contribution in [3.05, 3.63) is 506 Å². The number of nitrogens with zero attached hydrogens (tertiary/aromatic N) is 6. The van der Waals surface area contributed by atoms with Gasteiger partial charge in [0.1, 0.15) is 0 Å². The molecule has 586 valence electrons. The van der Waals surface area contributed by atoms with Gasteiger partial charge in [0.25, 0.3) is 0 Å². The largest absolute Gasteiger partial charge is 0.309 e. The van der Waals surface area contributed by atoms with Crippen molar-refractivity contribution in [3.8, 4) is 101 Å². The monoisotopic (exact) mass is 1600 g/mol. The van der Waals surface area contributed by atoms with Gasteiger partial charge in [-0.15, -0.1) is 0 Å². The maximum absolute atomic E-state index is 5.75. The number of hydrogen-bond donors (Lipinski definition) is 0. The average Bonchev–Trinajstić information content (AvgIpc) is 1.53. The molecule has 0 fully saturated rings. The summed E-state index contributed by atoms with van der Waals surface area (Å²) in [5.41, 5.74) is 36.7. The molecule has 0 radical (unpaired) electrons. The fourth-order valence-electron chi connectivity index (χ4n) is 22.0. The van der Waals surface area contributed by atoms with E-state index in [9.17, 15) is 0 Å². The van der Waals surface area contributed by atoms with Crippen LogP contribution in [-0.4, -0.2) is 28.2 Å². The number of benzene rings is 19. The van der Waals surface area contributed by atoms with Gasteiger partial charge in [0, 0.05) is 71.3 Å². The Labute approximate surface area is 728 Å². The van der Waals surface area contributed by atoms with Crippen molar-refractivity contribution in [2.45, 2.75) is 10.8 Å². The number of fused-ring (bicyclic) bond motifs is 18.